The maximum absolute atomic E-state index is 11.6. The Labute approximate surface area is 118 Å². The molecule has 2 atom stereocenters. The van der Waals surface area contributed by atoms with E-state index in [2.05, 4.69) is 17.1 Å². The maximum atomic E-state index is 11.6. The van der Waals surface area contributed by atoms with Crippen molar-refractivity contribution in [1.82, 2.24) is 10.2 Å². The number of rotatable bonds is 4. The van der Waals surface area contributed by atoms with Gasteiger partial charge in [0.1, 0.15) is 0 Å². The summed E-state index contributed by atoms with van der Waals surface area (Å²) in [6.45, 7) is 3.94. The first kappa shape index (κ1) is 14.3. The lowest BCUT2D eigenvalue weighted by Gasteiger charge is -2.37. The van der Waals surface area contributed by atoms with E-state index in [1.807, 2.05) is 24.3 Å². The first-order valence-electron chi connectivity index (χ1n) is 6.63. The largest absolute Gasteiger partial charge is 0.354 e. The van der Waals surface area contributed by atoms with Gasteiger partial charge in [-0.15, -0.1) is 0 Å². The van der Waals surface area contributed by atoms with Crippen LogP contribution in [-0.2, 0) is 4.79 Å². The Bertz CT molecular complexity index is 452. The number of carbonyl (C=O) groups excluding carboxylic acids is 1. The molecule has 0 aliphatic carbocycles. The van der Waals surface area contributed by atoms with E-state index in [4.69, 9.17) is 17.3 Å². The maximum Gasteiger partial charge on any atom is 0.234 e. The van der Waals surface area contributed by atoms with Crippen molar-refractivity contribution in [1.29, 1.82) is 0 Å². The van der Waals surface area contributed by atoms with Crippen molar-refractivity contribution in [3.63, 3.8) is 0 Å². The Morgan fingerprint density at radius 1 is 1.53 bits per heavy atom. The number of nitrogens with two attached hydrogens (primary N) is 1. The first-order chi connectivity index (χ1) is 9.11. The smallest absolute Gasteiger partial charge is 0.234 e. The molecule has 2 rings (SSSR count). The van der Waals surface area contributed by atoms with E-state index in [0.717, 1.165) is 18.5 Å². The number of benzene rings is 1. The predicted octanol–water partition coefficient (Wildman–Crippen LogP) is 1.55. The molecule has 1 heterocycles. The van der Waals surface area contributed by atoms with Gasteiger partial charge in [0.05, 0.1) is 12.6 Å². The van der Waals surface area contributed by atoms with Crippen molar-refractivity contribution >= 4 is 17.5 Å². The van der Waals surface area contributed by atoms with Crippen molar-refractivity contribution < 1.29 is 4.79 Å². The normalized spacial score (nSPS) is 19.8. The molecule has 4 nitrogen and oxygen atoms in total. The summed E-state index contributed by atoms with van der Waals surface area (Å²) in [4.78, 5) is 13.7. The van der Waals surface area contributed by atoms with Gasteiger partial charge in [-0.2, -0.15) is 0 Å². The fourth-order valence-corrected chi connectivity index (χ4v) is 2.74. The first-order valence-corrected chi connectivity index (χ1v) is 7.01. The number of piperazine rings is 1. The summed E-state index contributed by atoms with van der Waals surface area (Å²) in [5, 5.41) is 3.54. The third-order valence-electron chi connectivity index (χ3n) is 3.53. The topological polar surface area (TPSA) is 58.4 Å². The number of hydrogen-bond donors (Lipinski definition) is 2. The fraction of sp³-hybridized carbons (Fsp3) is 0.500. The molecule has 104 valence electrons. The summed E-state index contributed by atoms with van der Waals surface area (Å²) in [5.74, 6) is 0.0570. The van der Waals surface area contributed by atoms with Crippen LogP contribution in [-0.4, -0.2) is 36.5 Å². The molecule has 1 amide bonds. The van der Waals surface area contributed by atoms with E-state index in [-0.39, 0.29) is 18.0 Å². The second-order valence-electron chi connectivity index (χ2n) is 4.89. The second kappa shape index (κ2) is 6.37. The highest BCUT2D eigenvalue weighted by Crippen LogP contribution is 2.27. The van der Waals surface area contributed by atoms with Gasteiger partial charge in [0.25, 0.3) is 0 Å². The molecule has 0 saturated carbocycles. The Morgan fingerprint density at radius 2 is 2.32 bits per heavy atom. The minimum absolute atomic E-state index is 0.00985. The average molecular weight is 282 g/mol. The number of halogens is 1. The minimum atomic E-state index is -0.00985. The zero-order valence-electron chi connectivity index (χ0n) is 11.1. The van der Waals surface area contributed by atoms with Gasteiger partial charge >= 0.3 is 0 Å². The Balaban J connectivity index is 2.27. The Hall–Kier alpha value is -1.10. The lowest BCUT2D eigenvalue weighted by Crippen LogP contribution is -2.52. The van der Waals surface area contributed by atoms with E-state index in [0.29, 0.717) is 18.1 Å². The summed E-state index contributed by atoms with van der Waals surface area (Å²) in [5.41, 5.74) is 7.34. The molecule has 0 spiro atoms. The molecule has 1 aromatic rings. The van der Waals surface area contributed by atoms with Crippen LogP contribution in [0.25, 0.3) is 0 Å². The number of hydrogen-bond acceptors (Lipinski definition) is 3. The minimum Gasteiger partial charge on any atom is -0.354 e. The van der Waals surface area contributed by atoms with Gasteiger partial charge < -0.3 is 11.1 Å². The van der Waals surface area contributed by atoms with Crippen molar-refractivity contribution in [2.75, 3.05) is 19.6 Å². The number of amides is 1. The summed E-state index contributed by atoms with van der Waals surface area (Å²) in [6.07, 6.45) is 0.856. The molecule has 1 aliphatic heterocycles. The van der Waals surface area contributed by atoms with Crippen LogP contribution in [0.5, 0.6) is 0 Å². The van der Waals surface area contributed by atoms with Crippen LogP contribution < -0.4 is 11.1 Å². The van der Waals surface area contributed by atoms with E-state index in [1.165, 1.54) is 0 Å². The fourth-order valence-electron chi connectivity index (χ4n) is 2.54. The van der Waals surface area contributed by atoms with Gasteiger partial charge in [-0.3, -0.25) is 9.69 Å². The lowest BCUT2D eigenvalue weighted by molar-refractivity contribution is -0.125. The molecule has 1 fully saturated rings. The third-order valence-corrected chi connectivity index (χ3v) is 3.76. The van der Waals surface area contributed by atoms with Crippen LogP contribution in [0.1, 0.15) is 24.9 Å². The van der Waals surface area contributed by atoms with Crippen molar-refractivity contribution in [3.05, 3.63) is 34.9 Å². The molecular formula is C14H20ClN3O. The molecule has 0 bridgehead atoms. The Morgan fingerprint density at radius 3 is 2.95 bits per heavy atom. The molecule has 5 heteroatoms. The van der Waals surface area contributed by atoms with Crippen LogP contribution in [0.15, 0.2) is 24.3 Å². The van der Waals surface area contributed by atoms with Crippen molar-refractivity contribution in [2.45, 2.75) is 25.4 Å². The van der Waals surface area contributed by atoms with Gasteiger partial charge in [-0.25, -0.2) is 0 Å². The van der Waals surface area contributed by atoms with Gasteiger partial charge in [0.15, 0.2) is 0 Å². The second-order valence-corrected chi connectivity index (χ2v) is 5.33. The summed E-state index contributed by atoms with van der Waals surface area (Å²) >= 11 is 6.07. The SMILES string of the molecule is CCC(N)C(c1cccc(Cl)c1)N1CCNC(=O)C1. The summed E-state index contributed by atoms with van der Waals surface area (Å²) < 4.78 is 0. The van der Waals surface area contributed by atoms with E-state index < -0.39 is 0 Å². The molecule has 1 aromatic carbocycles. The standard InChI is InChI=1S/C14H20ClN3O/c1-2-12(16)14(10-4-3-5-11(15)8-10)18-7-6-17-13(19)9-18/h3-5,8,12,14H,2,6-7,9,16H2,1H3,(H,17,19). The highest BCUT2D eigenvalue weighted by Gasteiger charge is 2.29. The van der Waals surface area contributed by atoms with Crippen LogP contribution in [0.2, 0.25) is 5.02 Å². The zero-order valence-corrected chi connectivity index (χ0v) is 11.9. The van der Waals surface area contributed by atoms with Crippen molar-refractivity contribution in [3.8, 4) is 0 Å². The summed E-state index contributed by atoms with van der Waals surface area (Å²) in [7, 11) is 0. The molecular weight excluding hydrogens is 262 g/mol. The van der Waals surface area contributed by atoms with E-state index >= 15 is 0 Å². The van der Waals surface area contributed by atoms with Crippen LogP contribution >= 0.6 is 11.6 Å². The average Bonchev–Trinajstić information content (AvgIpc) is 2.39. The van der Waals surface area contributed by atoms with Crippen LogP contribution in [0.3, 0.4) is 0 Å². The summed E-state index contributed by atoms with van der Waals surface area (Å²) in [6, 6.07) is 7.77. The molecule has 2 unspecified atom stereocenters. The zero-order chi connectivity index (χ0) is 13.8. The van der Waals surface area contributed by atoms with Gasteiger partial charge in [-0.05, 0) is 24.1 Å². The monoisotopic (exact) mass is 281 g/mol. The van der Waals surface area contributed by atoms with Gasteiger partial charge in [0.2, 0.25) is 5.91 Å². The molecule has 19 heavy (non-hydrogen) atoms. The van der Waals surface area contributed by atoms with E-state index in [9.17, 15) is 4.79 Å². The molecule has 0 aromatic heterocycles. The molecule has 1 saturated heterocycles. The van der Waals surface area contributed by atoms with Gasteiger partial charge in [0, 0.05) is 24.2 Å². The number of carbonyl (C=O) groups is 1. The molecule has 0 radical (unpaired) electrons. The van der Waals surface area contributed by atoms with Crippen molar-refractivity contribution in [2.24, 2.45) is 5.73 Å². The lowest BCUT2D eigenvalue weighted by atomic mass is 9.95. The predicted molar refractivity (Wildman–Crippen MR) is 77.0 cm³/mol. The van der Waals surface area contributed by atoms with Gasteiger partial charge in [-0.1, -0.05) is 30.7 Å². The quantitative estimate of drug-likeness (QED) is 0.880. The van der Waals surface area contributed by atoms with E-state index in [1.54, 1.807) is 0 Å². The van der Waals surface area contributed by atoms with Crippen LogP contribution in [0.4, 0.5) is 0 Å². The number of nitrogens with zero attached hydrogens (tertiary/aromatic N) is 1. The third kappa shape index (κ3) is 3.47. The highest BCUT2D eigenvalue weighted by atomic mass is 35.5. The Kier molecular flexibility index (Phi) is 4.80. The molecule has 1 aliphatic rings. The molecule has 3 N–H and O–H groups in total. The highest BCUT2D eigenvalue weighted by molar-refractivity contribution is 6.30. The van der Waals surface area contributed by atoms with Crippen LogP contribution in [0, 0.1) is 0 Å². The number of nitrogens with one attached hydrogen (secondary N) is 1.